The molecule has 23 heavy (non-hydrogen) atoms. The summed E-state index contributed by atoms with van der Waals surface area (Å²) in [5, 5.41) is 7.41. The van der Waals surface area contributed by atoms with E-state index in [1.807, 2.05) is 0 Å². The van der Waals surface area contributed by atoms with Gasteiger partial charge in [0.1, 0.15) is 18.5 Å². The molecule has 0 unspecified atom stereocenters. The van der Waals surface area contributed by atoms with Crippen LogP contribution in [0.2, 0.25) is 0 Å². The molecule has 0 saturated heterocycles. The molecule has 0 spiro atoms. The molecule has 1 heterocycles. The van der Waals surface area contributed by atoms with Crippen molar-refractivity contribution in [2.45, 2.75) is 11.8 Å². The van der Waals surface area contributed by atoms with Gasteiger partial charge >= 0.3 is 0 Å². The molecule has 3 aromatic rings. The third-order valence-electron chi connectivity index (χ3n) is 3.25. The Labute approximate surface area is 132 Å². The summed E-state index contributed by atoms with van der Waals surface area (Å²) in [6, 6.07) is 10.4. The van der Waals surface area contributed by atoms with Crippen molar-refractivity contribution in [2.75, 3.05) is 4.72 Å². The second kappa shape index (κ2) is 5.81. The van der Waals surface area contributed by atoms with Gasteiger partial charge in [0, 0.05) is 0 Å². The van der Waals surface area contributed by atoms with E-state index in [0.717, 1.165) is 6.07 Å². The molecular formula is C15H13FN4O2S. The highest BCUT2D eigenvalue weighted by Crippen LogP contribution is 2.20. The molecule has 0 fully saturated rings. The third-order valence-corrected chi connectivity index (χ3v) is 4.63. The Balaban J connectivity index is 1.91. The molecular weight excluding hydrogens is 319 g/mol. The van der Waals surface area contributed by atoms with Gasteiger partial charge in [-0.25, -0.2) is 12.8 Å². The summed E-state index contributed by atoms with van der Waals surface area (Å²) in [5.41, 5.74) is 1.37. The van der Waals surface area contributed by atoms with Gasteiger partial charge in [-0.2, -0.15) is 0 Å². The lowest BCUT2D eigenvalue weighted by Crippen LogP contribution is -2.13. The van der Waals surface area contributed by atoms with Gasteiger partial charge in [0.25, 0.3) is 10.0 Å². The maximum atomic E-state index is 13.3. The van der Waals surface area contributed by atoms with Gasteiger partial charge in [0.15, 0.2) is 0 Å². The number of benzene rings is 2. The first-order valence-corrected chi connectivity index (χ1v) is 8.18. The van der Waals surface area contributed by atoms with E-state index in [1.165, 1.54) is 31.7 Å². The average molecular weight is 332 g/mol. The first kappa shape index (κ1) is 15.2. The van der Waals surface area contributed by atoms with Crippen LogP contribution in [0.25, 0.3) is 5.69 Å². The number of nitrogens with one attached hydrogen (secondary N) is 1. The van der Waals surface area contributed by atoms with Crippen LogP contribution in [0.3, 0.4) is 0 Å². The van der Waals surface area contributed by atoms with Crippen LogP contribution in [0.1, 0.15) is 5.56 Å². The number of nitrogens with zero attached hydrogens (tertiary/aromatic N) is 3. The highest BCUT2D eigenvalue weighted by molar-refractivity contribution is 7.92. The summed E-state index contributed by atoms with van der Waals surface area (Å²) in [7, 11) is -3.80. The molecule has 8 heteroatoms. The first-order chi connectivity index (χ1) is 11.0. The largest absolute Gasteiger partial charge is 0.288 e. The summed E-state index contributed by atoms with van der Waals surface area (Å²) in [6.45, 7) is 1.51. The minimum Gasteiger partial charge on any atom is -0.288 e. The van der Waals surface area contributed by atoms with Crippen molar-refractivity contribution in [2.24, 2.45) is 0 Å². The van der Waals surface area contributed by atoms with Crippen LogP contribution in [0.5, 0.6) is 0 Å². The van der Waals surface area contributed by atoms with Gasteiger partial charge < -0.3 is 0 Å². The monoisotopic (exact) mass is 332 g/mol. The maximum absolute atomic E-state index is 13.3. The second-order valence-electron chi connectivity index (χ2n) is 4.94. The zero-order chi connectivity index (χ0) is 16.4. The molecule has 0 amide bonds. The van der Waals surface area contributed by atoms with Crippen LogP contribution < -0.4 is 4.72 Å². The average Bonchev–Trinajstić information content (AvgIpc) is 3.04. The number of anilines is 1. The molecule has 3 rings (SSSR count). The SMILES string of the molecule is Cc1cc(S(=O)(=O)Nc2cccc(-n3cnnc3)c2)ccc1F. The minimum absolute atomic E-state index is 0.00565. The molecule has 0 saturated carbocycles. The zero-order valence-corrected chi connectivity index (χ0v) is 13.0. The van der Waals surface area contributed by atoms with E-state index >= 15 is 0 Å². The summed E-state index contributed by atoms with van der Waals surface area (Å²) < 4.78 is 42.2. The lowest BCUT2D eigenvalue weighted by atomic mass is 10.2. The van der Waals surface area contributed by atoms with Gasteiger partial charge in [0.05, 0.1) is 16.3 Å². The zero-order valence-electron chi connectivity index (χ0n) is 12.1. The smallest absolute Gasteiger partial charge is 0.261 e. The molecule has 0 bridgehead atoms. The van der Waals surface area contributed by atoms with Gasteiger partial charge in [-0.3, -0.25) is 9.29 Å². The van der Waals surface area contributed by atoms with Crippen LogP contribution in [0.4, 0.5) is 10.1 Å². The molecule has 0 aliphatic carbocycles. The summed E-state index contributed by atoms with van der Waals surface area (Å²) in [6.07, 6.45) is 3.02. The van der Waals surface area contributed by atoms with Gasteiger partial charge in [-0.15, -0.1) is 10.2 Å². The molecule has 118 valence electrons. The van der Waals surface area contributed by atoms with Crippen LogP contribution in [-0.2, 0) is 10.0 Å². The molecule has 0 aliphatic rings. The number of aryl methyl sites for hydroxylation is 1. The number of rotatable bonds is 4. The van der Waals surface area contributed by atoms with Crippen molar-refractivity contribution in [1.82, 2.24) is 14.8 Å². The minimum atomic E-state index is -3.80. The Morgan fingerprint density at radius 2 is 1.83 bits per heavy atom. The van der Waals surface area contributed by atoms with Crippen molar-refractivity contribution in [3.8, 4) is 5.69 Å². The highest BCUT2D eigenvalue weighted by atomic mass is 32.2. The molecule has 0 radical (unpaired) electrons. The molecule has 1 aromatic heterocycles. The second-order valence-corrected chi connectivity index (χ2v) is 6.62. The summed E-state index contributed by atoms with van der Waals surface area (Å²) in [4.78, 5) is 0.00565. The van der Waals surface area contributed by atoms with Gasteiger partial charge in [0.2, 0.25) is 0 Å². The lowest BCUT2D eigenvalue weighted by Gasteiger charge is -2.10. The van der Waals surface area contributed by atoms with E-state index in [0.29, 0.717) is 11.4 Å². The van der Waals surface area contributed by atoms with E-state index in [1.54, 1.807) is 28.8 Å². The fourth-order valence-corrected chi connectivity index (χ4v) is 3.20. The van der Waals surface area contributed by atoms with E-state index in [4.69, 9.17) is 0 Å². The van der Waals surface area contributed by atoms with Crippen LogP contribution in [-0.4, -0.2) is 23.2 Å². The number of halogens is 1. The van der Waals surface area contributed by atoms with Crippen LogP contribution in [0.15, 0.2) is 60.0 Å². The van der Waals surface area contributed by atoms with Crippen molar-refractivity contribution in [1.29, 1.82) is 0 Å². The van der Waals surface area contributed by atoms with Gasteiger partial charge in [-0.05, 0) is 48.9 Å². The third kappa shape index (κ3) is 3.21. The summed E-state index contributed by atoms with van der Waals surface area (Å²) in [5.74, 6) is -0.446. The fraction of sp³-hybridized carbons (Fsp3) is 0.0667. The highest BCUT2D eigenvalue weighted by Gasteiger charge is 2.15. The number of sulfonamides is 1. The lowest BCUT2D eigenvalue weighted by molar-refractivity contribution is 0.598. The van der Waals surface area contributed by atoms with Crippen molar-refractivity contribution in [3.05, 3.63) is 66.5 Å². The normalized spacial score (nSPS) is 11.4. The predicted molar refractivity (Wildman–Crippen MR) is 83.3 cm³/mol. The summed E-state index contributed by atoms with van der Waals surface area (Å²) >= 11 is 0. The van der Waals surface area contributed by atoms with Crippen molar-refractivity contribution < 1.29 is 12.8 Å². The predicted octanol–water partition coefficient (Wildman–Crippen LogP) is 2.52. The Morgan fingerprint density at radius 3 is 2.52 bits per heavy atom. The number of hydrogen-bond donors (Lipinski definition) is 1. The standard InChI is InChI=1S/C15H13FN4O2S/c1-11-7-14(5-6-15(11)16)23(21,22)19-12-3-2-4-13(8-12)20-9-17-18-10-20/h2-10,19H,1H3. The Kier molecular flexibility index (Phi) is 3.83. The van der Waals surface area contributed by atoms with Gasteiger partial charge in [-0.1, -0.05) is 6.07 Å². The molecule has 6 nitrogen and oxygen atoms in total. The van der Waals surface area contributed by atoms with E-state index in [2.05, 4.69) is 14.9 Å². The maximum Gasteiger partial charge on any atom is 0.261 e. The van der Waals surface area contributed by atoms with E-state index < -0.39 is 15.8 Å². The van der Waals surface area contributed by atoms with Crippen LogP contribution in [0, 0.1) is 12.7 Å². The quantitative estimate of drug-likeness (QED) is 0.796. The van der Waals surface area contributed by atoms with Crippen LogP contribution >= 0.6 is 0 Å². The number of hydrogen-bond acceptors (Lipinski definition) is 4. The van der Waals surface area contributed by atoms with E-state index in [-0.39, 0.29) is 10.5 Å². The topological polar surface area (TPSA) is 76.9 Å². The van der Waals surface area contributed by atoms with Crippen molar-refractivity contribution >= 4 is 15.7 Å². The Morgan fingerprint density at radius 1 is 1.09 bits per heavy atom. The Bertz CT molecular complexity index is 940. The molecule has 1 N–H and O–H groups in total. The molecule has 0 aliphatic heterocycles. The number of aromatic nitrogens is 3. The Hall–Kier alpha value is -2.74. The first-order valence-electron chi connectivity index (χ1n) is 6.70. The molecule has 0 atom stereocenters. The van der Waals surface area contributed by atoms with E-state index in [9.17, 15) is 12.8 Å². The molecule has 2 aromatic carbocycles. The van der Waals surface area contributed by atoms with Crippen molar-refractivity contribution in [3.63, 3.8) is 0 Å². The fourth-order valence-electron chi connectivity index (χ4n) is 2.06.